The molecule has 0 spiro atoms. The Morgan fingerprint density at radius 1 is 1.30 bits per heavy atom. The summed E-state index contributed by atoms with van der Waals surface area (Å²) in [6.07, 6.45) is 0.437. The number of halogens is 1. The van der Waals surface area contributed by atoms with E-state index in [4.69, 9.17) is 11.6 Å². The van der Waals surface area contributed by atoms with Gasteiger partial charge in [-0.3, -0.25) is 4.79 Å². The number of para-hydroxylation sites is 1. The van der Waals surface area contributed by atoms with Gasteiger partial charge in [-0.05, 0) is 36.8 Å². The molecule has 0 aliphatic rings. The van der Waals surface area contributed by atoms with Gasteiger partial charge in [-0.25, -0.2) is 4.98 Å². The van der Waals surface area contributed by atoms with Crippen molar-refractivity contribution in [2.24, 2.45) is 0 Å². The predicted octanol–water partition coefficient (Wildman–Crippen LogP) is 5.38. The number of aryl methyl sites for hydroxylation is 1. The second-order valence-corrected chi connectivity index (χ2v) is 7.86. The van der Waals surface area contributed by atoms with Crippen LogP contribution in [0.2, 0.25) is 5.02 Å². The quantitative estimate of drug-likeness (QED) is 0.619. The second kappa shape index (κ2) is 7.34. The average Bonchev–Trinajstić information content (AvgIpc) is 2.93. The van der Waals surface area contributed by atoms with Gasteiger partial charge in [-0.1, -0.05) is 41.6 Å². The Hall–Kier alpha value is -1.56. The first-order valence-corrected chi connectivity index (χ1v) is 9.34. The number of benzene rings is 2. The molecule has 1 aromatic heterocycles. The molecule has 0 aliphatic carbocycles. The van der Waals surface area contributed by atoms with Gasteiger partial charge in [0, 0.05) is 22.9 Å². The lowest BCUT2D eigenvalue weighted by molar-refractivity contribution is -0.115. The summed E-state index contributed by atoms with van der Waals surface area (Å²) in [6, 6.07) is 13.5. The normalized spacial score (nSPS) is 10.9. The number of rotatable bonds is 5. The third-order valence-corrected chi connectivity index (χ3v) is 5.72. The van der Waals surface area contributed by atoms with Crippen LogP contribution in [0.25, 0.3) is 10.2 Å². The number of aromatic nitrogens is 1. The number of thiazole rings is 1. The minimum absolute atomic E-state index is 0.0102. The summed E-state index contributed by atoms with van der Waals surface area (Å²) >= 11 is 9.23. The molecule has 3 aromatic rings. The molecule has 3 rings (SSSR count). The first-order valence-electron chi connectivity index (χ1n) is 7.16. The smallest absolute Gasteiger partial charge is 0.225 e. The van der Waals surface area contributed by atoms with Crippen molar-refractivity contribution >= 4 is 56.5 Å². The standard InChI is InChI=1S/C17H15ClN2OS2/c1-11-6-7-12(18)10-14(11)19-16(21)8-9-22-17-20-13-4-2-3-5-15(13)23-17/h2-7,10H,8-9H2,1H3,(H,19,21). The zero-order valence-corrected chi connectivity index (χ0v) is 14.9. The molecule has 0 fully saturated rings. The van der Waals surface area contributed by atoms with Crippen LogP contribution in [-0.4, -0.2) is 16.6 Å². The highest BCUT2D eigenvalue weighted by Crippen LogP contribution is 2.29. The molecule has 1 N–H and O–H groups in total. The van der Waals surface area contributed by atoms with Gasteiger partial charge < -0.3 is 5.32 Å². The Kier molecular flexibility index (Phi) is 5.20. The zero-order valence-electron chi connectivity index (χ0n) is 12.5. The molecule has 23 heavy (non-hydrogen) atoms. The van der Waals surface area contributed by atoms with Gasteiger partial charge >= 0.3 is 0 Å². The molecule has 6 heteroatoms. The molecule has 0 aliphatic heterocycles. The number of hydrogen-bond acceptors (Lipinski definition) is 4. The Morgan fingerprint density at radius 3 is 2.96 bits per heavy atom. The van der Waals surface area contributed by atoms with Gasteiger partial charge in [0.05, 0.1) is 10.2 Å². The lowest BCUT2D eigenvalue weighted by atomic mass is 10.2. The van der Waals surface area contributed by atoms with Crippen LogP contribution in [0, 0.1) is 6.92 Å². The maximum Gasteiger partial charge on any atom is 0.225 e. The maximum absolute atomic E-state index is 12.1. The molecule has 0 atom stereocenters. The number of fused-ring (bicyclic) bond motifs is 1. The molecule has 0 bridgehead atoms. The molecule has 1 amide bonds. The van der Waals surface area contributed by atoms with Crippen LogP contribution in [0.5, 0.6) is 0 Å². The van der Waals surface area contributed by atoms with E-state index in [0.717, 1.165) is 21.1 Å². The third kappa shape index (κ3) is 4.25. The first kappa shape index (κ1) is 16.3. The number of nitrogens with zero attached hydrogens (tertiary/aromatic N) is 1. The largest absolute Gasteiger partial charge is 0.326 e. The first-order chi connectivity index (χ1) is 11.1. The van der Waals surface area contributed by atoms with Crippen LogP contribution in [0.3, 0.4) is 0 Å². The fraction of sp³-hybridized carbons (Fsp3) is 0.176. The van der Waals surface area contributed by atoms with Crippen molar-refractivity contribution in [1.82, 2.24) is 4.98 Å². The fourth-order valence-corrected chi connectivity index (χ4v) is 4.33. The van der Waals surface area contributed by atoms with Gasteiger partial charge in [0.2, 0.25) is 5.91 Å². The van der Waals surface area contributed by atoms with E-state index in [9.17, 15) is 4.79 Å². The highest BCUT2D eigenvalue weighted by Gasteiger charge is 2.08. The Bertz CT molecular complexity index is 814. The Morgan fingerprint density at radius 2 is 2.13 bits per heavy atom. The number of carbonyl (C=O) groups excluding carboxylic acids is 1. The van der Waals surface area contributed by atoms with Crippen molar-refractivity contribution in [3.05, 3.63) is 53.1 Å². The highest BCUT2D eigenvalue weighted by molar-refractivity contribution is 8.01. The summed E-state index contributed by atoms with van der Waals surface area (Å²) in [7, 11) is 0. The van der Waals surface area contributed by atoms with Crippen molar-refractivity contribution in [1.29, 1.82) is 0 Å². The summed E-state index contributed by atoms with van der Waals surface area (Å²) in [5, 5.41) is 3.53. The Labute approximate surface area is 148 Å². The van der Waals surface area contributed by atoms with Gasteiger partial charge in [0.25, 0.3) is 0 Å². The zero-order chi connectivity index (χ0) is 16.2. The number of thioether (sulfide) groups is 1. The number of anilines is 1. The molecule has 0 saturated heterocycles. The number of amides is 1. The molecule has 3 nitrogen and oxygen atoms in total. The minimum Gasteiger partial charge on any atom is -0.326 e. The molecule has 0 saturated carbocycles. The van der Waals surface area contributed by atoms with Crippen LogP contribution in [0.1, 0.15) is 12.0 Å². The summed E-state index contributed by atoms with van der Waals surface area (Å²) in [5.74, 6) is 0.689. The van der Waals surface area contributed by atoms with Crippen LogP contribution in [0.4, 0.5) is 5.69 Å². The summed E-state index contributed by atoms with van der Waals surface area (Å²) in [4.78, 5) is 16.6. The van der Waals surface area contributed by atoms with Crippen molar-refractivity contribution in [3.8, 4) is 0 Å². The van der Waals surface area contributed by atoms with Gasteiger partial charge in [-0.15, -0.1) is 11.3 Å². The Balaban J connectivity index is 1.53. The lowest BCUT2D eigenvalue weighted by Gasteiger charge is -2.08. The topological polar surface area (TPSA) is 42.0 Å². The van der Waals surface area contributed by atoms with E-state index in [2.05, 4.69) is 16.4 Å². The monoisotopic (exact) mass is 362 g/mol. The van der Waals surface area contributed by atoms with E-state index >= 15 is 0 Å². The molecule has 118 valence electrons. The maximum atomic E-state index is 12.1. The molecule has 1 heterocycles. The molecular formula is C17H15ClN2OS2. The van der Waals surface area contributed by atoms with Crippen molar-refractivity contribution in [3.63, 3.8) is 0 Å². The summed E-state index contributed by atoms with van der Waals surface area (Å²) in [5.41, 5.74) is 2.79. The van der Waals surface area contributed by atoms with Crippen molar-refractivity contribution in [2.45, 2.75) is 17.7 Å². The van der Waals surface area contributed by atoms with Gasteiger partial charge in [0.1, 0.15) is 0 Å². The number of carbonyl (C=O) groups is 1. The fourth-order valence-electron chi connectivity index (χ4n) is 2.09. The SMILES string of the molecule is Cc1ccc(Cl)cc1NC(=O)CCSc1nc2ccccc2s1. The van der Waals surface area contributed by atoms with E-state index in [1.807, 2.05) is 37.3 Å². The van der Waals surface area contributed by atoms with Crippen LogP contribution in [-0.2, 0) is 4.79 Å². The van der Waals surface area contributed by atoms with Gasteiger partial charge in [-0.2, -0.15) is 0 Å². The van der Waals surface area contributed by atoms with Gasteiger partial charge in [0.15, 0.2) is 4.34 Å². The molecule has 0 unspecified atom stereocenters. The number of hydrogen-bond donors (Lipinski definition) is 1. The predicted molar refractivity (Wildman–Crippen MR) is 99.8 cm³/mol. The highest BCUT2D eigenvalue weighted by atomic mass is 35.5. The van der Waals surface area contributed by atoms with Crippen molar-refractivity contribution in [2.75, 3.05) is 11.1 Å². The van der Waals surface area contributed by atoms with E-state index in [1.54, 1.807) is 29.2 Å². The summed E-state index contributed by atoms with van der Waals surface area (Å²) < 4.78 is 2.17. The summed E-state index contributed by atoms with van der Waals surface area (Å²) in [6.45, 7) is 1.95. The van der Waals surface area contributed by atoms with E-state index in [0.29, 0.717) is 17.2 Å². The van der Waals surface area contributed by atoms with E-state index < -0.39 is 0 Å². The van der Waals surface area contributed by atoms with Crippen LogP contribution in [0.15, 0.2) is 46.8 Å². The minimum atomic E-state index is -0.0102. The average molecular weight is 363 g/mol. The third-order valence-electron chi connectivity index (χ3n) is 3.30. The van der Waals surface area contributed by atoms with Crippen molar-refractivity contribution < 1.29 is 4.79 Å². The lowest BCUT2D eigenvalue weighted by Crippen LogP contribution is -2.13. The molecular weight excluding hydrogens is 348 g/mol. The van der Waals surface area contributed by atoms with E-state index in [1.165, 1.54) is 4.70 Å². The number of nitrogens with one attached hydrogen (secondary N) is 1. The van der Waals surface area contributed by atoms with E-state index in [-0.39, 0.29) is 5.91 Å². The van der Waals surface area contributed by atoms with Crippen LogP contribution >= 0.6 is 34.7 Å². The second-order valence-electron chi connectivity index (χ2n) is 5.05. The van der Waals surface area contributed by atoms with Crippen LogP contribution < -0.4 is 5.32 Å². The molecule has 0 radical (unpaired) electrons. The molecule has 2 aromatic carbocycles.